The number of aryl methyl sites for hydroxylation is 1. The van der Waals surface area contributed by atoms with Crippen LogP contribution in [0.4, 0.5) is 0 Å². The molecule has 0 aliphatic rings. The van der Waals surface area contributed by atoms with Crippen LogP contribution in [0.5, 0.6) is 5.75 Å². The van der Waals surface area contributed by atoms with E-state index in [1.165, 1.54) is 0 Å². The van der Waals surface area contributed by atoms with Crippen LogP contribution in [-0.4, -0.2) is 21.6 Å². The monoisotopic (exact) mass is 302 g/mol. The third kappa shape index (κ3) is 2.48. The molecule has 1 aromatic carbocycles. The number of pyridine rings is 1. The summed E-state index contributed by atoms with van der Waals surface area (Å²) < 4.78 is 7.13. The van der Waals surface area contributed by atoms with Gasteiger partial charge in [-0.15, -0.1) is 0 Å². The van der Waals surface area contributed by atoms with Crippen molar-refractivity contribution in [3.63, 3.8) is 0 Å². The van der Waals surface area contributed by atoms with Gasteiger partial charge in [-0.2, -0.15) is 0 Å². The van der Waals surface area contributed by atoms with Crippen LogP contribution < -0.4 is 4.74 Å². The molecule has 0 bridgehead atoms. The second-order valence-electron chi connectivity index (χ2n) is 4.90. The highest BCUT2D eigenvalue weighted by atomic mass is 35.5. The Hall–Kier alpha value is -2.04. The number of hydrogen-bond donors (Lipinski definition) is 1. The number of nitrogens with zero attached hydrogens (tertiary/aromatic N) is 2. The Morgan fingerprint density at radius 2 is 2.14 bits per heavy atom. The first-order valence-electron chi connectivity index (χ1n) is 6.55. The average Bonchev–Trinajstić information content (AvgIpc) is 2.89. The Bertz CT molecular complexity index is 811. The molecule has 0 fully saturated rings. The lowest BCUT2D eigenvalue weighted by atomic mass is 10.1. The summed E-state index contributed by atoms with van der Waals surface area (Å²) in [6, 6.07) is 7.55. The number of hydrogen-bond acceptors (Lipinski definition) is 3. The van der Waals surface area contributed by atoms with Crippen molar-refractivity contribution in [1.29, 1.82) is 0 Å². The summed E-state index contributed by atoms with van der Waals surface area (Å²) in [6.45, 7) is 1.92. The maximum Gasteiger partial charge on any atom is 0.137 e. The highest BCUT2D eigenvalue weighted by Crippen LogP contribution is 2.33. The van der Waals surface area contributed by atoms with Gasteiger partial charge in [-0.25, -0.2) is 4.98 Å². The second kappa shape index (κ2) is 5.39. The van der Waals surface area contributed by atoms with Gasteiger partial charge < -0.3 is 14.2 Å². The number of rotatable bonds is 3. The first-order chi connectivity index (χ1) is 10.1. The Balaban J connectivity index is 2.19. The van der Waals surface area contributed by atoms with Crippen LogP contribution in [0.3, 0.4) is 0 Å². The van der Waals surface area contributed by atoms with Crippen LogP contribution in [0.1, 0.15) is 11.1 Å². The molecule has 0 amide bonds. The minimum Gasteiger partial charge on any atom is -0.495 e. The molecule has 1 N–H and O–H groups in total. The molecule has 3 rings (SSSR count). The minimum absolute atomic E-state index is 0.101. The molecule has 3 aromatic rings. The fraction of sp³-hybridized carbons (Fsp3) is 0.188. The summed E-state index contributed by atoms with van der Waals surface area (Å²) in [4.78, 5) is 4.60. The van der Waals surface area contributed by atoms with Gasteiger partial charge in [0.25, 0.3) is 0 Å². The van der Waals surface area contributed by atoms with Crippen molar-refractivity contribution in [2.45, 2.75) is 13.5 Å². The predicted molar refractivity (Wildman–Crippen MR) is 82.8 cm³/mol. The van der Waals surface area contributed by atoms with Gasteiger partial charge in [0, 0.05) is 18.0 Å². The molecule has 0 radical (unpaired) electrons. The number of aliphatic hydroxyl groups is 1. The van der Waals surface area contributed by atoms with Gasteiger partial charge in [-0.1, -0.05) is 11.6 Å². The second-order valence-corrected chi connectivity index (χ2v) is 5.30. The number of aromatic nitrogens is 2. The molecule has 0 saturated carbocycles. The lowest BCUT2D eigenvalue weighted by Gasteiger charge is -2.09. The lowest BCUT2D eigenvalue weighted by Crippen LogP contribution is -1.93. The van der Waals surface area contributed by atoms with Crippen LogP contribution in [0, 0.1) is 6.92 Å². The van der Waals surface area contributed by atoms with Crippen molar-refractivity contribution < 1.29 is 9.84 Å². The third-order valence-electron chi connectivity index (χ3n) is 3.44. The summed E-state index contributed by atoms with van der Waals surface area (Å²) in [5.41, 5.74) is 4.32. The lowest BCUT2D eigenvalue weighted by molar-refractivity contribution is 0.281. The molecule has 0 atom stereocenters. The highest BCUT2D eigenvalue weighted by molar-refractivity contribution is 6.32. The van der Waals surface area contributed by atoms with E-state index in [1.54, 1.807) is 19.2 Å². The van der Waals surface area contributed by atoms with Crippen molar-refractivity contribution in [3.05, 3.63) is 52.8 Å². The number of fused-ring (bicyclic) bond motifs is 1. The standard InChI is InChI=1S/C16H15ClN2O2/c1-10-3-4-19-8-14(18-16(19)5-10)12-7-13(17)15(21-2)6-11(12)9-20/h3-8,20H,9H2,1-2H3. The van der Waals surface area contributed by atoms with Crippen molar-refractivity contribution in [2.24, 2.45) is 0 Å². The molecule has 4 nitrogen and oxygen atoms in total. The Kier molecular flexibility index (Phi) is 3.57. The van der Waals surface area contributed by atoms with Crippen molar-refractivity contribution in [3.8, 4) is 17.0 Å². The number of ether oxygens (including phenoxy) is 1. The van der Waals surface area contributed by atoms with E-state index >= 15 is 0 Å². The number of methoxy groups -OCH3 is 1. The summed E-state index contributed by atoms with van der Waals surface area (Å²) in [6.07, 6.45) is 3.89. The maximum absolute atomic E-state index is 9.58. The Morgan fingerprint density at radius 1 is 1.33 bits per heavy atom. The molecular weight excluding hydrogens is 288 g/mol. The van der Waals surface area contributed by atoms with Gasteiger partial charge in [-0.05, 0) is 42.3 Å². The average molecular weight is 303 g/mol. The quantitative estimate of drug-likeness (QED) is 0.806. The van der Waals surface area contributed by atoms with Gasteiger partial charge in [0.2, 0.25) is 0 Å². The van der Waals surface area contributed by atoms with Crippen LogP contribution in [0.25, 0.3) is 16.9 Å². The minimum atomic E-state index is -0.101. The van der Waals surface area contributed by atoms with Gasteiger partial charge in [0.15, 0.2) is 0 Å². The van der Waals surface area contributed by atoms with E-state index in [0.717, 1.165) is 28.0 Å². The zero-order valence-corrected chi connectivity index (χ0v) is 12.6. The van der Waals surface area contributed by atoms with E-state index in [2.05, 4.69) is 4.98 Å². The maximum atomic E-state index is 9.58. The van der Waals surface area contributed by atoms with E-state index in [4.69, 9.17) is 16.3 Å². The van der Waals surface area contributed by atoms with Gasteiger partial charge in [0.05, 0.1) is 24.4 Å². The number of imidazole rings is 1. The van der Waals surface area contributed by atoms with Crippen LogP contribution >= 0.6 is 11.6 Å². The van der Waals surface area contributed by atoms with Crippen molar-refractivity contribution >= 4 is 17.2 Å². The number of benzene rings is 1. The first-order valence-corrected chi connectivity index (χ1v) is 6.93. The van der Waals surface area contributed by atoms with Crippen molar-refractivity contribution in [1.82, 2.24) is 9.38 Å². The molecule has 2 heterocycles. The van der Waals surface area contributed by atoms with Crippen LogP contribution in [0.15, 0.2) is 36.7 Å². The molecule has 21 heavy (non-hydrogen) atoms. The highest BCUT2D eigenvalue weighted by Gasteiger charge is 2.13. The molecule has 0 unspecified atom stereocenters. The van der Waals surface area contributed by atoms with Gasteiger partial charge in [-0.3, -0.25) is 0 Å². The molecule has 2 aromatic heterocycles. The van der Waals surface area contributed by atoms with Crippen LogP contribution in [0.2, 0.25) is 5.02 Å². The van der Waals surface area contributed by atoms with E-state index in [9.17, 15) is 5.11 Å². The molecule has 0 saturated heterocycles. The molecule has 0 aliphatic heterocycles. The summed E-state index contributed by atoms with van der Waals surface area (Å²) in [7, 11) is 1.55. The fourth-order valence-corrected chi connectivity index (χ4v) is 2.58. The third-order valence-corrected chi connectivity index (χ3v) is 3.74. The number of halogens is 1. The van der Waals surface area contributed by atoms with Gasteiger partial charge in [0.1, 0.15) is 11.4 Å². The topological polar surface area (TPSA) is 46.8 Å². The molecule has 5 heteroatoms. The SMILES string of the molecule is COc1cc(CO)c(-c2cn3ccc(C)cc3n2)cc1Cl. The van der Waals surface area contributed by atoms with E-state index in [0.29, 0.717) is 10.8 Å². The zero-order valence-electron chi connectivity index (χ0n) is 11.8. The molecule has 0 spiro atoms. The number of aliphatic hydroxyl groups excluding tert-OH is 1. The van der Waals surface area contributed by atoms with Gasteiger partial charge >= 0.3 is 0 Å². The normalized spacial score (nSPS) is 11.0. The zero-order chi connectivity index (χ0) is 15.0. The van der Waals surface area contributed by atoms with E-state index in [-0.39, 0.29) is 6.61 Å². The predicted octanol–water partition coefficient (Wildman–Crippen LogP) is 3.46. The summed E-state index contributed by atoms with van der Waals surface area (Å²) in [5.74, 6) is 0.545. The first kappa shape index (κ1) is 13.9. The van der Waals surface area contributed by atoms with Crippen LogP contribution in [-0.2, 0) is 6.61 Å². The van der Waals surface area contributed by atoms with Crippen molar-refractivity contribution in [2.75, 3.05) is 7.11 Å². The summed E-state index contributed by atoms with van der Waals surface area (Å²) in [5, 5.41) is 10.1. The fourth-order valence-electron chi connectivity index (χ4n) is 2.33. The smallest absolute Gasteiger partial charge is 0.137 e. The largest absolute Gasteiger partial charge is 0.495 e. The molecule has 0 aliphatic carbocycles. The van der Waals surface area contributed by atoms with E-state index in [1.807, 2.05) is 35.9 Å². The molecular formula is C16H15ClN2O2. The Morgan fingerprint density at radius 3 is 2.86 bits per heavy atom. The summed E-state index contributed by atoms with van der Waals surface area (Å²) >= 11 is 6.19. The molecule has 108 valence electrons. The van der Waals surface area contributed by atoms with E-state index < -0.39 is 0 Å². The Labute approximate surface area is 127 Å².